The Morgan fingerprint density at radius 2 is 1.96 bits per heavy atom. The molecule has 0 spiro atoms. The molecule has 0 aliphatic carbocycles. The summed E-state index contributed by atoms with van der Waals surface area (Å²) in [4.78, 5) is 9.29. The van der Waals surface area contributed by atoms with Gasteiger partial charge in [0, 0.05) is 19.3 Å². The van der Waals surface area contributed by atoms with Crippen LogP contribution in [-0.4, -0.2) is 26.3 Å². The van der Waals surface area contributed by atoms with Gasteiger partial charge in [-0.1, -0.05) is 31.5 Å². The highest BCUT2D eigenvalue weighted by Crippen LogP contribution is 2.27. The van der Waals surface area contributed by atoms with Crippen LogP contribution in [0, 0.1) is 19.8 Å². The normalized spacial score (nSPS) is 11.3. The second kappa shape index (κ2) is 7.09. The zero-order valence-electron chi connectivity index (χ0n) is 15.6. The number of fused-ring (bicyclic) bond motifs is 1. The van der Waals surface area contributed by atoms with Crippen LogP contribution in [0.3, 0.4) is 0 Å². The quantitative estimate of drug-likeness (QED) is 0.705. The molecular formula is C19H26N6. The highest BCUT2D eigenvalue weighted by molar-refractivity contribution is 5.89. The first-order valence-electron chi connectivity index (χ1n) is 8.72. The van der Waals surface area contributed by atoms with Crippen molar-refractivity contribution in [2.45, 2.75) is 34.1 Å². The van der Waals surface area contributed by atoms with E-state index < -0.39 is 0 Å². The van der Waals surface area contributed by atoms with Crippen LogP contribution in [0.5, 0.6) is 0 Å². The summed E-state index contributed by atoms with van der Waals surface area (Å²) in [7, 11) is 1.90. The number of aryl methyl sites for hydroxylation is 3. The summed E-state index contributed by atoms with van der Waals surface area (Å²) in [5.41, 5.74) is 4.29. The Hall–Kier alpha value is -2.63. The Bertz CT molecular complexity index is 881. The van der Waals surface area contributed by atoms with Gasteiger partial charge in [-0.05, 0) is 37.8 Å². The van der Waals surface area contributed by atoms with E-state index in [1.54, 1.807) is 10.9 Å². The van der Waals surface area contributed by atoms with Crippen molar-refractivity contribution in [3.63, 3.8) is 0 Å². The molecule has 6 heteroatoms. The molecule has 3 rings (SSSR count). The molecule has 0 bridgehead atoms. The Morgan fingerprint density at radius 1 is 1.16 bits per heavy atom. The van der Waals surface area contributed by atoms with Crippen LogP contribution >= 0.6 is 0 Å². The monoisotopic (exact) mass is 338 g/mol. The van der Waals surface area contributed by atoms with Crippen LogP contribution in [0.2, 0.25) is 0 Å². The molecule has 0 radical (unpaired) electrons. The summed E-state index contributed by atoms with van der Waals surface area (Å²) in [6.07, 6.45) is 2.88. The van der Waals surface area contributed by atoms with E-state index in [2.05, 4.69) is 71.6 Å². The lowest BCUT2D eigenvalue weighted by molar-refractivity contribution is 0.606. The van der Waals surface area contributed by atoms with Gasteiger partial charge < -0.3 is 10.6 Å². The van der Waals surface area contributed by atoms with Gasteiger partial charge in [-0.15, -0.1) is 0 Å². The van der Waals surface area contributed by atoms with E-state index in [4.69, 9.17) is 0 Å². The van der Waals surface area contributed by atoms with Crippen molar-refractivity contribution in [1.29, 1.82) is 0 Å². The Labute approximate surface area is 148 Å². The molecular weight excluding hydrogens is 312 g/mol. The fourth-order valence-corrected chi connectivity index (χ4v) is 2.75. The van der Waals surface area contributed by atoms with E-state index >= 15 is 0 Å². The largest absolute Gasteiger partial charge is 0.354 e. The first-order valence-corrected chi connectivity index (χ1v) is 8.72. The lowest BCUT2D eigenvalue weighted by Crippen LogP contribution is -2.10. The summed E-state index contributed by atoms with van der Waals surface area (Å²) < 4.78 is 1.78. The molecule has 6 nitrogen and oxygen atoms in total. The zero-order valence-corrected chi connectivity index (χ0v) is 15.6. The topological polar surface area (TPSA) is 67.7 Å². The maximum Gasteiger partial charge on any atom is 0.226 e. The summed E-state index contributed by atoms with van der Waals surface area (Å²) in [6, 6.07) is 6.34. The third-order valence-corrected chi connectivity index (χ3v) is 4.23. The van der Waals surface area contributed by atoms with E-state index in [1.165, 1.54) is 11.1 Å². The summed E-state index contributed by atoms with van der Waals surface area (Å²) >= 11 is 0. The fourth-order valence-electron chi connectivity index (χ4n) is 2.75. The molecule has 0 saturated heterocycles. The molecule has 0 atom stereocenters. The smallest absolute Gasteiger partial charge is 0.226 e. The Balaban J connectivity index is 1.94. The number of nitrogens with zero attached hydrogens (tertiary/aromatic N) is 4. The number of nitrogens with one attached hydrogen (secondary N) is 2. The molecule has 0 fully saturated rings. The molecule has 0 amide bonds. The van der Waals surface area contributed by atoms with Gasteiger partial charge in [0.15, 0.2) is 5.65 Å². The summed E-state index contributed by atoms with van der Waals surface area (Å²) in [5.74, 6) is 2.04. The van der Waals surface area contributed by atoms with E-state index in [1.807, 2.05) is 7.05 Å². The molecule has 0 aliphatic heterocycles. The molecule has 0 saturated carbocycles. The minimum atomic E-state index is 0.629. The van der Waals surface area contributed by atoms with Crippen molar-refractivity contribution >= 4 is 28.5 Å². The van der Waals surface area contributed by atoms with Crippen molar-refractivity contribution in [3.8, 4) is 0 Å². The second-order valence-electron chi connectivity index (χ2n) is 6.95. The van der Waals surface area contributed by atoms with Crippen LogP contribution in [0.15, 0.2) is 24.4 Å². The minimum absolute atomic E-state index is 0.629. The van der Waals surface area contributed by atoms with E-state index in [-0.39, 0.29) is 0 Å². The number of hydrogen-bond acceptors (Lipinski definition) is 5. The number of rotatable bonds is 6. The van der Waals surface area contributed by atoms with Crippen LogP contribution < -0.4 is 10.6 Å². The summed E-state index contributed by atoms with van der Waals surface area (Å²) in [6.45, 7) is 9.46. The highest BCUT2D eigenvalue weighted by Gasteiger charge is 2.12. The first-order chi connectivity index (χ1) is 11.9. The van der Waals surface area contributed by atoms with Crippen molar-refractivity contribution in [2.24, 2.45) is 13.0 Å². The number of anilines is 3. The maximum atomic E-state index is 4.68. The predicted octanol–water partition coefficient (Wildman–Crippen LogP) is 4.18. The average molecular weight is 338 g/mol. The predicted molar refractivity (Wildman–Crippen MR) is 103 cm³/mol. The maximum absolute atomic E-state index is 4.68. The van der Waals surface area contributed by atoms with Gasteiger partial charge in [-0.2, -0.15) is 15.1 Å². The van der Waals surface area contributed by atoms with Gasteiger partial charge in [0.05, 0.1) is 11.6 Å². The van der Waals surface area contributed by atoms with E-state index in [0.29, 0.717) is 11.9 Å². The van der Waals surface area contributed by atoms with Gasteiger partial charge >= 0.3 is 0 Å². The van der Waals surface area contributed by atoms with Gasteiger partial charge in [0.2, 0.25) is 5.95 Å². The Kier molecular flexibility index (Phi) is 4.88. The highest BCUT2D eigenvalue weighted by atomic mass is 15.3. The number of benzene rings is 1. The van der Waals surface area contributed by atoms with Crippen molar-refractivity contribution < 1.29 is 0 Å². The van der Waals surface area contributed by atoms with Gasteiger partial charge in [0.1, 0.15) is 5.82 Å². The van der Waals surface area contributed by atoms with E-state index in [0.717, 1.165) is 35.5 Å². The molecule has 2 heterocycles. The van der Waals surface area contributed by atoms with Crippen LogP contribution in [0.1, 0.15) is 31.4 Å². The van der Waals surface area contributed by atoms with Crippen LogP contribution in [0.4, 0.5) is 17.5 Å². The first kappa shape index (κ1) is 17.2. The standard InChI is InChI=1S/C19H26N6/c1-12(2)8-9-20-19-23-17(15-11-21-25(5)18(15)24-19)22-16-7-6-13(3)10-14(16)4/h6-7,10-12H,8-9H2,1-5H3,(H2,20,22,23,24). The third kappa shape index (κ3) is 3.90. The van der Waals surface area contributed by atoms with Gasteiger partial charge in [-0.25, -0.2) is 0 Å². The minimum Gasteiger partial charge on any atom is -0.354 e. The van der Waals surface area contributed by atoms with Crippen molar-refractivity contribution in [1.82, 2.24) is 19.7 Å². The second-order valence-corrected chi connectivity index (χ2v) is 6.95. The van der Waals surface area contributed by atoms with Crippen molar-refractivity contribution in [2.75, 3.05) is 17.2 Å². The Morgan fingerprint density at radius 3 is 2.68 bits per heavy atom. The summed E-state index contributed by atoms with van der Waals surface area (Å²) in [5, 5.41) is 12.0. The fraction of sp³-hybridized carbons (Fsp3) is 0.421. The van der Waals surface area contributed by atoms with Crippen molar-refractivity contribution in [3.05, 3.63) is 35.5 Å². The van der Waals surface area contributed by atoms with Gasteiger partial charge in [0.25, 0.3) is 0 Å². The third-order valence-electron chi connectivity index (χ3n) is 4.23. The molecule has 0 unspecified atom stereocenters. The average Bonchev–Trinajstić information content (AvgIpc) is 2.91. The number of hydrogen-bond donors (Lipinski definition) is 2. The lowest BCUT2D eigenvalue weighted by atomic mass is 10.1. The molecule has 25 heavy (non-hydrogen) atoms. The SMILES string of the molecule is Cc1ccc(Nc2nc(NCCC(C)C)nc3c2cnn3C)c(C)c1. The molecule has 1 aromatic carbocycles. The molecule has 2 N–H and O–H groups in total. The van der Waals surface area contributed by atoms with Crippen LogP contribution in [-0.2, 0) is 7.05 Å². The lowest BCUT2D eigenvalue weighted by Gasteiger charge is -2.13. The number of aromatic nitrogens is 4. The zero-order chi connectivity index (χ0) is 18.0. The molecule has 132 valence electrons. The molecule has 2 aromatic heterocycles. The van der Waals surface area contributed by atoms with Gasteiger partial charge in [-0.3, -0.25) is 4.68 Å². The molecule has 3 aromatic rings. The van der Waals surface area contributed by atoms with E-state index in [9.17, 15) is 0 Å². The van der Waals surface area contributed by atoms with Crippen LogP contribution in [0.25, 0.3) is 11.0 Å². The molecule has 0 aliphatic rings.